The summed E-state index contributed by atoms with van der Waals surface area (Å²) in [5, 5.41) is 4.88. The SMILES string of the molecule is Cn1ncc(Br)c1-c1cccc(Cl)c1. The molecule has 0 fully saturated rings. The first-order valence-electron chi connectivity index (χ1n) is 4.12. The van der Waals surface area contributed by atoms with Gasteiger partial charge in [-0.05, 0) is 28.1 Å². The van der Waals surface area contributed by atoms with Crippen molar-refractivity contribution in [2.75, 3.05) is 0 Å². The van der Waals surface area contributed by atoms with Crippen molar-refractivity contribution in [3.05, 3.63) is 40.0 Å². The summed E-state index contributed by atoms with van der Waals surface area (Å²) < 4.78 is 2.79. The van der Waals surface area contributed by atoms with Gasteiger partial charge < -0.3 is 0 Å². The van der Waals surface area contributed by atoms with Gasteiger partial charge in [0.25, 0.3) is 0 Å². The van der Waals surface area contributed by atoms with Gasteiger partial charge in [-0.25, -0.2) is 0 Å². The first-order valence-corrected chi connectivity index (χ1v) is 5.29. The van der Waals surface area contributed by atoms with Crippen molar-refractivity contribution in [1.29, 1.82) is 0 Å². The molecule has 0 amide bonds. The van der Waals surface area contributed by atoms with Gasteiger partial charge in [0, 0.05) is 17.6 Å². The zero-order valence-electron chi connectivity index (χ0n) is 7.54. The van der Waals surface area contributed by atoms with Crippen LogP contribution in [0.25, 0.3) is 11.3 Å². The Morgan fingerprint density at radius 1 is 1.43 bits per heavy atom. The Kier molecular flexibility index (Phi) is 2.61. The third kappa shape index (κ3) is 1.70. The average Bonchev–Trinajstić information content (AvgIpc) is 2.46. The van der Waals surface area contributed by atoms with Crippen LogP contribution in [0, 0.1) is 0 Å². The number of aromatic nitrogens is 2. The first kappa shape index (κ1) is 9.74. The van der Waals surface area contributed by atoms with E-state index >= 15 is 0 Å². The fourth-order valence-electron chi connectivity index (χ4n) is 1.37. The Hall–Kier alpha value is -0.800. The summed E-state index contributed by atoms with van der Waals surface area (Å²) in [6.07, 6.45) is 1.77. The summed E-state index contributed by atoms with van der Waals surface area (Å²) in [5.74, 6) is 0. The number of benzene rings is 1. The molecule has 2 nitrogen and oxygen atoms in total. The molecule has 0 bridgehead atoms. The maximum atomic E-state index is 5.92. The Bertz CT molecular complexity index is 445. The lowest BCUT2D eigenvalue weighted by Crippen LogP contribution is -1.93. The molecule has 4 heteroatoms. The normalized spacial score (nSPS) is 10.5. The van der Waals surface area contributed by atoms with Crippen molar-refractivity contribution >= 4 is 27.5 Å². The number of hydrogen-bond donors (Lipinski definition) is 0. The molecule has 0 aliphatic heterocycles. The van der Waals surface area contributed by atoms with Crippen LogP contribution in [0.5, 0.6) is 0 Å². The maximum Gasteiger partial charge on any atom is 0.0821 e. The molecule has 2 rings (SSSR count). The van der Waals surface area contributed by atoms with E-state index in [9.17, 15) is 0 Å². The topological polar surface area (TPSA) is 17.8 Å². The molecule has 0 radical (unpaired) electrons. The van der Waals surface area contributed by atoms with Gasteiger partial charge in [0.1, 0.15) is 0 Å². The van der Waals surface area contributed by atoms with Crippen molar-refractivity contribution in [2.24, 2.45) is 7.05 Å². The highest BCUT2D eigenvalue weighted by Crippen LogP contribution is 2.28. The molecule has 0 saturated heterocycles. The Morgan fingerprint density at radius 2 is 2.21 bits per heavy atom. The second-order valence-corrected chi connectivity index (χ2v) is 4.27. The van der Waals surface area contributed by atoms with Gasteiger partial charge in [0.15, 0.2) is 0 Å². The summed E-state index contributed by atoms with van der Waals surface area (Å²) in [4.78, 5) is 0. The lowest BCUT2D eigenvalue weighted by molar-refractivity contribution is 0.776. The van der Waals surface area contributed by atoms with Crippen LogP contribution < -0.4 is 0 Å². The highest BCUT2D eigenvalue weighted by atomic mass is 79.9. The van der Waals surface area contributed by atoms with Crippen molar-refractivity contribution in [3.63, 3.8) is 0 Å². The molecule has 0 atom stereocenters. The fraction of sp³-hybridized carbons (Fsp3) is 0.100. The lowest BCUT2D eigenvalue weighted by atomic mass is 10.1. The maximum absolute atomic E-state index is 5.92. The minimum Gasteiger partial charge on any atom is -0.267 e. The number of halogens is 2. The van der Waals surface area contributed by atoms with Gasteiger partial charge in [-0.1, -0.05) is 23.7 Å². The number of hydrogen-bond acceptors (Lipinski definition) is 1. The second kappa shape index (κ2) is 3.75. The average molecular weight is 272 g/mol. The third-order valence-corrected chi connectivity index (χ3v) is 2.81. The zero-order valence-corrected chi connectivity index (χ0v) is 9.88. The van der Waals surface area contributed by atoms with Crippen LogP contribution in [0.2, 0.25) is 5.02 Å². The van der Waals surface area contributed by atoms with Gasteiger partial charge in [-0.15, -0.1) is 0 Å². The monoisotopic (exact) mass is 270 g/mol. The lowest BCUT2D eigenvalue weighted by Gasteiger charge is -2.03. The van der Waals surface area contributed by atoms with E-state index in [2.05, 4.69) is 21.0 Å². The van der Waals surface area contributed by atoms with E-state index < -0.39 is 0 Å². The van der Waals surface area contributed by atoms with Gasteiger partial charge in [0.2, 0.25) is 0 Å². The van der Waals surface area contributed by atoms with Crippen LogP contribution in [-0.4, -0.2) is 9.78 Å². The molecule has 2 aromatic rings. The highest BCUT2D eigenvalue weighted by Gasteiger charge is 2.08. The second-order valence-electron chi connectivity index (χ2n) is 2.98. The predicted octanol–water partition coefficient (Wildman–Crippen LogP) is 3.50. The molecule has 0 N–H and O–H groups in total. The third-order valence-electron chi connectivity index (χ3n) is 1.99. The summed E-state index contributed by atoms with van der Waals surface area (Å²) >= 11 is 9.37. The van der Waals surface area contributed by atoms with E-state index in [-0.39, 0.29) is 0 Å². The Morgan fingerprint density at radius 3 is 2.79 bits per heavy atom. The summed E-state index contributed by atoms with van der Waals surface area (Å²) in [7, 11) is 1.90. The molecule has 72 valence electrons. The molecular weight excluding hydrogens is 263 g/mol. The van der Waals surface area contributed by atoms with Crippen LogP contribution in [0.15, 0.2) is 34.9 Å². The number of rotatable bonds is 1. The van der Waals surface area contributed by atoms with E-state index in [1.807, 2.05) is 36.0 Å². The Balaban J connectivity index is 2.59. The standard InChI is InChI=1S/C10H8BrClN2/c1-14-10(9(11)6-13-14)7-3-2-4-8(12)5-7/h2-6H,1H3. The van der Waals surface area contributed by atoms with Crippen molar-refractivity contribution in [3.8, 4) is 11.3 Å². The zero-order chi connectivity index (χ0) is 10.1. The van der Waals surface area contributed by atoms with E-state index in [0.717, 1.165) is 20.8 Å². The van der Waals surface area contributed by atoms with Crippen LogP contribution in [0.4, 0.5) is 0 Å². The number of nitrogens with zero attached hydrogens (tertiary/aromatic N) is 2. The van der Waals surface area contributed by atoms with Gasteiger partial charge in [-0.3, -0.25) is 4.68 Å². The minimum absolute atomic E-state index is 0.732. The molecular formula is C10H8BrClN2. The smallest absolute Gasteiger partial charge is 0.0821 e. The van der Waals surface area contributed by atoms with E-state index in [4.69, 9.17) is 11.6 Å². The van der Waals surface area contributed by atoms with Crippen LogP contribution in [0.1, 0.15) is 0 Å². The van der Waals surface area contributed by atoms with Crippen molar-refractivity contribution in [1.82, 2.24) is 9.78 Å². The molecule has 1 aromatic heterocycles. The van der Waals surface area contributed by atoms with Crippen LogP contribution >= 0.6 is 27.5 Å². The quantitative estimate of drug-likeness (QED) is 0.776. The van der Waals surface area contributed by atoms with E-state index in [0.29, 0.717) is 0 Å². The van der Waals surface area contributed by atoms with Crippen molar-refractivity contribution in [2.45, 2.75) is 0 Å². The largest absolute Gasteiger partial charge is 0.267 e. The fourth-order valence-corrected chi connectivity index (χ4v) is 2.14. The molecule has 14 heavy (non-hydrogen) atoms. The van der Waals surface area contributed by atoms with E-state index in [1.165, 1.54) is 0 Å². The molecule has 0 saturated carbocycles. The van der Waals surface area contributed by atoms with Gasteiger partial charge in [-0.2, -0.15) is 5.10 Å². The summed E-state index contributed by atoms with van der Waals surface area (Å²) in [6, 6.07) is 7.71. The molecule has 1 heterocycles. The predicted molar refractivity (Wildman–Crippen MR) is 61.4 cm³/mol. The minimum atomic E-state index is 0.732. The molecule has 0 unspecified atom stereocenters. The molecule has 0 aliphatic carbocycles. The van der Waals surface area contributed by atoms with E-state index in [1.54, 1.807) is 6.20 Å². The summed E-state index contributed by atoms with van der Waals surface area (Å²) in [6.45, 7) is 0. The number of aryl methyl sites for hydroxylation is 1. The first-order chi connectivity index (χ1) is 6.68. The van der Waals surface area contributed by atoms with Crippen molar-refractivity contribution < 1.29 is 0 Å². The van der Waals surface area contributed by atoms with Gasteiger partial charge in [0.05, 0.1) is 16.4 Å². The highest BCUT2D eigenvalue weighted by molar-refractivity contribution is 9.10. The molecule has 0 aliphatic rings. The van der Waals surface area contributed by atoms with Crippen LogP contribution in [-0.2, 0) is 7.05 Å². The molecule has 1 aromatic carbocycles. The molecule has 0 spiro atoms. The van der Waals surface area contributed by atoms with Gasteiger partial charge >= 0.3 is 0 Å². The summed E-state index contributed by atoms with van der Waals surface area (Å²) in [5.41, 5.74) is 2.09. The Labute approximate surface area is 95.6 Å². The van der Waals surface area contributed by atoms with Crippen LogP contribution in [0.3, 0.4) is 0 Å².